The number of aliphatic hydroxyl groups is 1. The van der Waals surface area contributed by atoms with E-state index in [4.69, 9.17) is 0 Å². The Morgan fingerprint density at radius 1 is 1.30 bits per heavy atom. The Balaban J connectivity index is 1.69. The minimum absolute atomic E-state index is 0.0557. The van der Waals surface area contributed by atoms with Gasteiger partial charge in [0.15, 0.2) is 0 Å². The van der Waals surface area contributed by atoms with Gasteiger partial charge in [-0.2, -0.15) is 0 Å². The monoisotopic (exact) mass is 283 g/mol. The van der Waals surface area contributed by atoms with E-state index in [1.807, 2.05) is 6.92 Å². The first-order valence-electron chi connectivity index (χ1n) is 8.02. The SMILES string of the molecule is CC(O)CC(C)CNC(=O)NC1CCN2CCCCC12. The van der Waals surface area contributed by atoms with Gasteiger partial charge in [-0.25, -0.2) is 4.79 Å². The van der Waals surface area contributed by atoms with E-state index in [0.29, 0.717) is 24.5 Å². The molecule has 0 aromatic carbocycles. The molecule has 2 heterocycles. The molecular weight excluding hydrogens is 254 g/mol. The molecule has 2 amide bonds. The Morgan fingerprint density at radius 2 is 2.10 bits per heavy atom. The second-order valence-electron chi connectivity index (χ2n) is 6.54. The zero-order chi connectivity index (χ0) is 14.5. The van der Waals surface area contributed by atoms with Crippen LogP contribution in [0.4, 0.5) is 4.79 Å². The molecule has 0 aliphatic carbocycles. The number of nitrogens with zero attached hydrogens (tertiary/aromatic N) is 1. The average Bonchev–Trinajstić information content (AvgIpc) is 2.79. The fourth-order valence-electron chi connectivity index (χ4n) is 3.57. The van der Waals surface area contributed by atoms with E-state index in [9.17, 15) is 9.90 Å². The second-order valence-corrected chi connectivity index (χ2v) is 6.54. The molecule has 0 spiro atoms. The molecule has 0 saturated carbocycles. The molecule has 0 aromatic rings. The zero-order valence-electron chi connectivity index (χ0n) is 12.8. The van der Waals surface area contributed by atoms with Gasteiger partial charge in [0.2, 0.25) is 0 Å². The van der Waals surface area contributed by atoms with Crippen LogP contribution in [0.1, 0.15) is 46.0 Å². The minimum Gasteiger partial charge on any atom is -0.393 e. The molecule has 2 rings (SSSR count). The molecule has 2 aliphatic rings. The van der Waals surface area contributed by atoms with Crippen molar-refractivity contribution < 1.29 is 9.90 Å². The van der Waals surface area contributed by atoms with Gasteiger partial charge in [0.25, 0.3) is 0 Å². The predicted molar refractivity (Wildman–Crippen MR) is 79.6 cm³/mol. The molecule has 5 nitrogen and oxygen atoms in total. The molecule has 4 atom stereocenters. The number of amides is 2. The number of carbonyl (C=O) groups is 1. The summed E-state index contributed by atoms with van der Waals surface area (Å²) in [4.78, 5) is 14.5. The third-order valence-electron chi connectivity index (χ3n) is 4.53. The van der Waals surface area contributed by atoms with E-state index in [1.165, 1.54) is 25.8 Å². The molecule has 3 N–H and O–H groups in total. The molecule has 2 fully saturated rings. The predicted octanol–water partition coefficient (Wildman–Crippen LogP) is 1.32. The number of aliphatic hydroxyl groups excluding tert-OH is 1. The van der Waals surface area contributed by atoms with Crippen molar-refractivity contribution in [3.63, 3.8) is 0 Å². The Labute approximate surface area is 122 Å². The van der Waals surface area contributed by atoms with Crippen LogP contribution >= 0.6 is 0 Å². The van der Waals surface area contributed by atoms with Gasteiger partial charge in [0.05, 0.1) is 6.10 Å². The summed E-state index contributed by atoms with van der Waals surface area (Å²) in [6.45, 7) is 6.76. The van der Waals surface area contributed by atoms with Crippen molar-refractivity contribution in [3.8, 4) is 0 Å². The maximum Gasteiger partial charge on any atom is 0.315 e. The van der Waals surface area contributed by atoms with E-state index in [1.54, 1.807) is 6.92 Å². The van der Waals surface area contributed by atoms with Crippen molar-refractivity contribution in [1.29, 1.82) is 0 Å². The van der Waals surface area contributed by atoms with Crippen molar-refractivity contribution in [2.24, 2.45) is 5.92 Å². The molecule has 2 aliphatic heterocycles. The molecule has 116 valence electrons. The molecule has 0 radical (unpaired) electrons. The number of carbonyl (C=O) groups excluding carboxylic acids is 1. The van der Waals surface area contributed by atoms with Crippen molar-refractivity contribution >= 4 is 6.03 Å². The van der Waals surface area contributed by atoms with Crippen molar-refractivity contribution in [3.05, 3.63) is 0 Å². The average molecular weight is 283 g/mol. The Morgan fingerprint density at radius 3 is 2.85 bits per heavy atom. The van der Waals surface area contributed by atoms with Gasteiger partial charge in [-0.05, 0) is 45.1 Å². The van der Waals surface area contributed by atoms with Gasteiger partial charge in [-0.15, -0.1) is 0 Å². The van der Waals surface area contributed by atoms with Crippen LogP contribution in [0.3, 0.4) is 0 Å². The van der Waals surface area contributed by atoms with Gasteiger partial charge in [-0.1, -0.05) is 13.3 Å². The number of nitrogens with one attached hydrogen (secondary N) is 2. The van der Waals surface area contributed by atoms with E-state index in [0.717, 1.165) is 19.4 Å². The molecule has 2 saturated heterocycles. The minimum atomic E-state index is -0.305. The lowest BCUT2D eigenvalue weighted by atomic mass is 9.99. The summed E-state index contributed by atoms with van der Waals surface area (Å²) in [5.74, 6) is 0.301. The lowest BCUT2D eigenvalue weighted by Gasteiger charge is -2.32. The highest BCUT2D eigenvalue weighted by Gasteiger charge is 2.36. The van der Waals surface area contributed by atoms with Crippen LogP contribution in [0.5, 0.6) is 0 Å². The summed E-state index contributed by atoms with van der Waals surface area (Å²) < 4.78 is 0. The number of piperidine rings is 1. The van der Waals surface area contributed by atoms with E-state index >= 15 is 0 Å². The maximum atomic E-state index is 12.0. The number of fused-ring (bicyclic) bond motifs is 1. The van der Waals surface area contributed by atoms with Gasteiger partial charge in [0.1, 0.15) is 0 Å². The third-order valence-corrected chi connectivity index (χ3v) is 4.53. The summed E-state index contributed by atoms with van der Waals surface area (Å²) in [5.41, 5.74) is 0. The van der Waals surface area contributed by atoms with E-state index in [-0.39, 0.29) is 12.1 Å². The fraction of sp³-hybridized carbons (Fsp3) is 0.933. The lowest BCUT2D eigenvalue weighted by Crippen LogP contribution is -2.50. The van der Waals surface area contributed by atoms with Crippen LogP contribution in [0.25, 0.3) is 0 Å². The van der Waals surface area contributed by atoms with Crippen LogP contribution in [0, 0.1) is 5.92 Å². The number of rotatable bonds is 5. The summed E-state index contributed by atoms with van der Waals surface area (Å²) in [6.07, 6.45) is 5.28. The van der Waals surface area contributed by atoms with Crippen molar-refractivity contribution in [2.75, 3.05) is 19.6 Å². The Hall–Kier alpha value is -0.810. The summed E-state index contributed by atoms with van der Waals surface area (Å²) >= 11 is 0. The van der Waals surface area contributed by atoms with Crippen molar-refractivity contribution in [1.82, 2.24) is 15.5 Å². The zero-order valence-corrected chi connectivity index (χ0v) is 12.8. The fourth-order valence-corrected chi connectivity index (χ4v) is 3.57. The number of hydrogen-bond donors (Lipinski definition) is 3. The first kappa shape index (κ1) is 15.6. The maximum absolute atomic E-state index is 12.0. The number of hydrogen-bond acceptors (Lipinski definition) is 3. The normalized spacial score (nSPS) is 29.6. The standard InChI is InChI=1S/C15H29N3O2/c1-11(9-12(2)19)10-16-15(20)17-13-6-8-18-7-4-3-5-14(13)18/h11-14,19H,3-10H2,1-2H3,(H2,16,17,20). The topological polar surface area (TPSA) is 64.6 Å². The second kappa shape index (κ2) is 7.27. The lowest BCUT2D eigenvalue weighted by molar-refractivity contribution is 0.162. The first-order chi connectivity index (χ1) is 9.56. The summed E-state index contributed by atoms with van der Waals surface area (Å²) in [7, 11) is 0. The van der Waals surface area contributed by atoms with Crippen LogP contribution in [0.15, 0.2) is 0 Å². The van der Waals surface area contributed by atoms with Crippen LogP contribution < -0.4 is 10.6 Å². The Bertz CT molecular complexity index is 322. The van der Waals surface area contributed by atoms with E-state index < -0.39 is 0 Å². The molecule has 4 unspecified atom stereocenters. The molecule has 5 heteroatoms. The van der Waals surface area contributed by atoms with Gasteiger partial charge in [0, 0.05) is 25.2 Å². The van der Waals surface area contributed by atoms with Gasteiger partial charge < -0.3 is 15.7 Å². The highest BCUT2D eigenvalue weighted by molar-refractivity contribution is 5.74. The quantitative estimate of drug-likeness (QED) is 0.713. The number of urea groups is 1. The van der Waals surface area contributed by atoms with Crippen LogP contribution in [0.2, 0.25) is 0 Å². The molecular formula is C15H29N3O2. The molecule has 0 bridgehead atoms. The Kier molecular flexibility index (Phi) is 5.66. The van der Waals surface area contributed by atoms with Gasteiger partial charge >= 0.3 is 6.03 Å². The van der Waals surface area contributed by atoms with Crippen molar-refractivity contribution in [2.45, 2.75) is 64.1 Å². The first-order valence-corrected chi connectivity index (χ1v) is 8.02. The smallest absolute Gasteiger partial charge is 0.315 e. The highest BCUT2D eigenvalue weighted by Crippen LogP contribution is 2.26. The van der Waals surface area contributed by atoms with Crippen LogP contribution in [-0.2, 0) is 0 Å². The van der Waals surface area contributed by atoms with Crippen LogP contribution in [-0.4, -0.2) is 53.9 Å². The summed E-state index contributed by atoms with van der Waals surface area (Å²) in [6, 6.07) is 0.798. The largest absolute Gasteiger partial charge is 0.393 e. The summed E-state index contributed by atoms with van der Waals surface area (Å²) in [5, 5.41) is 15.4. The molecule has 0 aromatic heterocycles. The van der Waals surface area contributed by atoms with E-state index in [2.05, 4.69) is 15.5 Å². The van der Waals surface area contributed by atoms with Gasteiger partial charge in [-0.3, -0.25) is 4.90 Å². The molecule has 20 heavy (non-hydrogen) atoms. The highest BCUT2D eigenvalue weighted by atomic mass is 16.3. The third kappa shape index (κ3) is 4.35.